The van der Waals surface area contributed by atoms with Crippen LogP contribution >= 0.6 is 15.9 Å². The van der Waals surface area contributed by atoms with Crippen LogP contribution in [0.5, 0.6) is 0 Å². The predicted molar refractivity (Wildman–Crippen MR) is 74.5 cm³/mol. The first-order chi connectivity index (χ1) is 8.97. The first kappa shape index (κ1) is 13.8. The number of aromatic nitrogens is 1. The van der Waals surface area contributed by atoms with Gasteiger partial charge < -0.3 is 16.0 Å². The highest BCUT2D eigenvalue weighted by molar-refractivity contribution is 9.10. The molecule has 2 rings (SSSR count). The van der Waals surface area contributed by atoms with Crippen LogP contribution < -0.4 is 11.1 Å². The summed E-state index contributed by atoms with van der Waals surface area (Å²) in [6.45, 7) is 0.520. The molecule has 0 bridgehead atoms. The number of nitrogen functional groups attached to an aromatic ring is 1. The van der Waals surface area contributed by atoms with Crippen molar-refractivity contribution in [3.05, 3.63) is 22.3 Å². The third kappa shape index (κ3) is 3.23. The second-order valence-corrected chi connectivity index (χ2v) is 5.49. The van der Waals surface area contributed by atoms with E-state index in [0.717, 1.165) is 0 Å². The van der Waals surface area contributed by atoms with Gasteiger partial charge in [0.25, 0.3) is 5.91 Å². The van der Waals surface area contributed by atoms with Crippen LogP contribution in [0.3, 0.4) is 0 Å². The van der Waals surface area contributed by atoms with E-state index in [9.17, 15) is 9.59 Å². The first-order valence-corrected chi connectivity index (χ1v) is 6.72. The van der Waals surface area contributed by atoms with E-state index in [1.807, 2.05) is 0 Å². The summed E-state index contributed by atoms with van der Waals surface area (Å²) >= 11 is 3.26. The van der Waals surface area contributed by atoms with Crippen LogP contribution in [0, 0.1) is 0 Å². The van der Waals surface area contributed by atoms with Crippen molar-refractivity contribution in [1.82, 2.24) is 15.2 Å². The summed E-state index contributed by atoms with van der Waals surface area (Å²) in [4.78, 5) is 29.0. The van der Waals surface area contributed by atoms with Crippen molar-refractivity contribution >= 4 is 33.6 Å². The van der Waals surface area contributed by atoms with Gasteiger partial charge in [0.2, 0.25) is 5.91 Å². The van der Waals surface area contributed by atoms with Crippen LogP contribution in [0.1, 0.15) is 23.2 Å². The number of likely N-dealkylation sites (N-methyl/N-ethyl adjacent to an activating group) is 1. The Bertz CT molecular complexity index is 520. The van der Waals surface area contributed by atoms with E-state index in [4.69, 9.17) is 5.73 Å². The third-order valence-electron chi connectivity index (χ3n) is 3.09. The Morgan fingerprint density at radius 3 is 3.05 bits per heavy atom. The summed E-state index contributed by atoms with van der Waals surface area (Å²) in [5.74, 6) is 0.0362. The number of amides is 2. The normalized spacial score (nSPS) is 19.4. The molecule has 0 spiro atoms. The standard InChI is InChI=1S/C12H15BrN4O2/c1-17-6-8(2-3-10(17)18)16-12(19)9-4-7(13)5-15-11(9)14/h4-5,8H,2-3,6H2,1H3,(H2,14,15)(H,16,19). The lowest BCUT2D eigenvalue weighted by Crippen LogP contribution is -2.48. The molecule has 1 saturated heterocycles. The molecule has 1 fully saturated rings. The van der Waals surface area contributed by atoms with Crippen molar-refractivity contribution < 1.29 is 9.59 Å². The number of carbonyl (C=O) groups is 2. The Morgan fingerprint density at radius 2 is 2.37 bits per heavy atom. The minimum absolute atomic E-state index is 0.0476. The smallest absolute Gasteiger partial charge is 0.255 e. The summed E-state index contributed by atoms with van der Waals surface area (Å²) in [5, 5.41) is 2.88. The second kappa shape index (κ2) is 5.56. The SMILES string of the molecule is CN1CC(NC(=O)c2cc(Br)cnc2N)CCC1=O. The largest absolute Gasteiger partial charge is 0.383 e. The van der Waals surface area contributed by atoms with Gasteiger partial charge in [-0.2, -0.15) is 0 Å². The van der Waals surface area contributed by atoms with E-state index < -0.39 is 0 Å². The molecule has 1 aromatic rings. The Balaban J connectivity index is 2.05. The maximum atomic E-state index is 12.1. The number of hydrogen-bond acceptors (Lipinski definition) is 4. The number of hydrogen-bond donors (Lipinski definition) is 2. The monoisotopic (exact) mass is 326 g/mol. The molecule has 1 aliphatic heterocycles. The number of halogens is 1. The molecule has 7 heteroatoms. The molecule has 2 amide bonds. The lowest BCUT2D eigenvalue weighted by molar-refractivity contribution is -0.132. The Morgan fingerprint density at radius 1 is 1.63 bits per heavy atom. The van der Waals surface area contributed by atoms with Gasteiger partial charge in [-0.1, -0.05) is 0 Å². The van der Waals surface area contributed by atoms with Crippen LogP contribution in [0.15, 0.2) is 16.7 Å². The number of anilines is 1. The molecular formula is C12H15BrN4O2. The molecule has 0 saturated carbocycles. The van der Waals surface area contributed by atoms with Crippen LogP contribution in [-0.4, -0.2) is 41.3 Å². The third-order valence-corrected chi connectivity index (χ3v) is 3.53. The number of nitrogens with zero attached hydrogens (tertiary/aromatic N) is 2. The van der Waals surface area contributed by atoms with Crippen molar-refractivity contribution in [2.24, 2.45) is 0 Å². The highest BCUT2D eigenvalue weighted by atomic mass is 79.9. The number of rotatable bonds is 2. The van der Waals surface area contributed by atoms with Crippen molar-refractivity contribution in [3.63, 3.8) is 0 Å². The number of piperidine rings is 1. The molecular weight excluding hydrogens is 312 g/mol. The zero-order valence-electron chi connectivity index (χ0n) is 10.5. The molecule has 6 nitrogen and oxygen atoms in total. The van der Waals surface area contributed by atoms with Crippen molar-refractivity contribution in [2.75, 3.05) is 19.3 Å². The van der Waals surface area contributed by atoms with Gasteiger partial charge in [-0.15, -0.1) is 0 Å². The molecule has 2 heterocycles. The van der Waals surface area contributed by atoms with E-state index in [-0.39, 0.29) is 23.7 Å². The Hall–Kier alpha value is -1.63. The maximum absolute atomic E-state index is 12.1. The highest BCUT2D eigenvalue weighted by Crippen LogP contribution is 2.16. The van der Waals surface area contributed by atoms with Gasteiger partial charge in [-0.05, 0) is 28.4 Å². The fourth-order valence-electron chi connectivity index (χ4n) is 2.02. The maximum Gasteiger partial charge on any atom is 0.255 e. The molecule has 3 N–H and O–H groups in total. The molecule has 0 aromatic carbocycles. The average Bonchev–Trinajstić information content (AvgIpc) is 2.36. The molecule has 19 heavy (non-hydrogen) atoms. The highest BCUT2D eigenvalue weighted by Gasteiger charge is 2.25. The van der Waals surface area contributed by atoms with Gasteiger partial charge in [0.15, 0.2) is 0 Å². The second-order valence-electron chi connectivity index (χ2n) is 4.57. The summed E-state index contributed by atoms with van der Waals surface area (Å²) in [5.41, 5.74) is 6.03. The average molecular weight is 327 g/mol. The molecule has 1 unspecified atom stereocenters. The Labute approximate surface area is 119 Å². The van der Waals surface area contributed by atoms with Crippen molar-refractivity contribution in [3.8, 4) is 0 Å². The van der Waals surface area contributed by atoms with Crippen molar-refractivity contribution in [1.29, 1.82) is 0 Å². The van der Waals surface area contributed by atoms with E-state index in [1.165, 1.54) is 0 Å². The number of carbonyl (C=O) groups excluding carboxylic acids is 2. The molecule has 1 aliphatic rings. The van der Waals surface area contributed by atoms with Crippen LogP contribution in [0.4, 0.5) is 5.82 Å². The zero-order chi connectivity index (χ0) is 14.0. The quantitative estimate of drug-likeness (QED) is 0.840. The summed E-state index contributed by atoms with van der Waals surface area (Å²) in [6.07, 6.45) is 2.64. The Kier molecular flexibility index (Phi) is 4.04. The van der Waals surface area contributed by atoms with Gasteiger partial charge in [-0.3, -0.25) is 9.59 Å². The summed E-state index contributed by atoms with van der Waals surface area (Å²) < 4.78 is 0.697. The lowest BCUT2D eigenvalue weighted by Gasteiger charge is -2.30. The molecule has 1 aromatic heterocycles. The molecule has 0 radical (unpaired) electrons. The van der Waals surface area contributed by atoms with Crippen LogP contribution in [0.25, 0.3) is 0 Å². The summed E-state index contributed by atoms with van der Waals surface area (Å²) in [7, 11) is 1.73. The van der Waals surface area contributed by atoms with Gasteiger partial charge in [0.1, 0.15) is 5.82 Å². The van der Waals surface area contributed by atoms with Gasteiger partial charge in [0.05, 0.1) is 5.56 Å². The number of pyridine rings is 1. The van der Waals surface area contributed by atoms with Crippen molar-refractivity contribution in [2.45, 2.75) is 18.9 Å². The first-order valence-electron chi connectivity index (χ1n) is 5.93. The molecule has 0 aliphatic carbocycles. The fraction of sp³-hybridized carbons (Fsp3) is 0.417. The van der Waals surface area contributed by atoms with Crippen LogP contribution in [-0.2, 0) is 4.79 Å². The molecule has 102 valence electrons. The topological polar surface area (TPSA) is 88.3 Å². The van der Waals surface area contributed by atoms with E-state index in [2.05, 4.69) is 26.2 Å². The predicted octanol–water partition coefficient (Wildman–Crippen LogP) is 0.777. The van der Waals surface area contributed by atoms with E-state index in [0.29, 0.717) is 29.4 Å². The minimum atomic E-state index is -0.265. The lowest BCUT2D eigenvalue weighted by atomic mass is 10.1. The summed E-state index contributed by atoms with van der Waals surface area (Å²) in [6, 6.07) is 1.59. The number of likely N-dealkylation sites (tertiary alicyclic amines) is 1. The zero-order valence-corrected chi connectivity index (χ0v) is 12.1. The van der Waals surface area contributed by atoms with Gasteiger partial charge in [0, 0.05) is 36.7 Å². The number of nitrogens with one attached hydrogen (secondary N) is 1. The van der Waals surface area contributed by atoms with E-state index in [1.54, 1.807) is 24.2 Å². The van der Waals surface area contributed by atoms with Gasteiger partial charge >= 0.3 is 0 Å². The van der Waals surface area contributed by atoms with Crippen LogP contribution in [0.2, 0.25) is 0 Å². The van der Waals surface area contributed by atoms with Gasteiger partial charge in [-0.25, -0.2) is 4.98 Å². The number of nitrogens with two attached hydrogens (primary N) is 1. The molecule has 1 atom stereocenters. The van der Waals surface area contributed by atoms with E-state index >= 15 is 0 Å². The fourth-order valence-corrected chi connectivity index (χ4v) is 2.36. The minimum Gasteiger partial charge on any atom is -0.383 e.